The van der Waals surface area contributed by atoms with Crippen LogP contribution in [0.1, 0.15) is 41.4 Å². The molecule has 2 saturated heterocycles. The van der Waals surface area contributed by atoms with Crippen LogP contribution in [-0.4, -0.2) is 55.9 Å². The highest BCUT2D eigenvalue weighted by Gasteiger charge is 2.37. The van der Waals surface area contributed by atoms with Gasteiger partial charge in [0.2, 0.25) is 11.9 Å². The van der Waals surface area contributed by atoms with Gasteiger partial charge in [-0.2, -0.15) is 0 Å². The summed E-state index contributed by atoms with van der Waals surface area (Å²) in [6.45, 7) is 1.77. The third kappa shape index (κ3) is 3.70. The number of carbonyl (C=O) groups is 2. The Labute approximate surface area is 178 Å². The first-order chi connectivity index (χ1) is 15.1. The predicted octanol–water partition coefficient (Wildman–Crippen LogP) is 1.34. The molecule has 2 N–H and O–H groups in total. The van der Waals surface area contributed by atoms with E-state index in [2.05, 4.69) is 15.0 Å². The van der Waals surface area contributed by atoms with Gasteiger partial charge in [0.25, 0.3) is 5.91 Å². The summed E-state index contributed by atoms with van der Waals surface area (Å²) in [7, 11) is 0. The molecule has 1 atom stereocenters. The molecule has 2 amide bonds. The molecule has 0 aliphatic carbocycles. The van der Waals surface area contributed by atoms with Crippen LogP contribution < -0.4 is 10.6 Å². The maximum atomic E-state index is 13.3. The predicted molar refractivity (Wildman–Crippen MR) is 111 cm³/mol. The van der Waals surface area contributed by atoms with Crippen molar-refractivity contribution in [3.63, 3.8) is 0 Å². The number of fused-ring (bicyclic) bond motifs is 1. The van der Waals surface area contributed by atoms with Crippen LogP contribution in [0, 0.1) is 5.92 Å². The van der Waals surface area contributed by atoms with E-state index in [-0.39, 0.29) is 23.6 Å². The molecule has 0 bridgehead atoms. The number of primary amides is 1. The maximum Gasteiger partial charge on any atom is 0.267 e. The van der Waals surface area contributed by atoms with E-state index < -0.39 is 5.91 Å². The fraction of sp³-hybridized carbons (Fsp3) is 0.381. The number of nitrogens with zero attached hydrogens (tertiary/aromatic N) is 6. The standard InChI is InChI=1S/C21H23N7O3/c22-19(29)16-3-7-24-21(25-16)26-9-4-14(5-10-26)20(30)28-17(6-12-31-28)15-1-2-18-23-8-11-27(18)13-15/h1-3,7-8,11,13-14,17H,4-6,9-10,12H2,(H2,22,29). The van der Waals surface area contributed by atoms with Gasteiger partial charge in [-0.1, -0.05) is 6.07 Å². The van der Waals surface area contributed by atoms with Gasteiger partial charge in [0.05, 0.1) is 12.6 Å². The molecule has 5 heterocycles. The van der Waals surface area contributed by atoms with Crippen LogP contribution in [0.4, 0.5) is 5.95 Å². The molecule has 0 spiro atoms. The van der Waals surface area contributed by atoms with Crippen molar-refractivity contribution in [1.29, 1.82) is 0 Å². The molecule has 5 rings (SSSR count). The van der Waals surface area contributed by atoms with Crippen molar-refractivity contribution in [2.45, 2.75) is 25.3 Å². The normalized spacial score (nSPS) is 19.8. The second-order valence-corrected chi connectivity index (χ2v) is 7.82. The van der Waals surface area contributed by atoms with E-state index in [4.69, 9.17) is 10.6 Å². The summed E-state index contributed by atoms with van der Waals surface area (Å²) < 4.78 is 1.95. The lowest BCUT2D eigenvalue weighted by Gasteiger charge is -2.34. The number of carbonyl (C=O) groups excluding carboxylic acids is 2. The number of hydroxylamine groups is 2. The molecule has 0 saturated carbocycles. The monoisotopic (exact) mass is 421 g/mol. The zero-order valence-corrected chi connectivity index (χ0v) is 16.9. The fourth-order valence-corrected chi connectivity index (χ4v) is 4.27. The minimum Gasteiger partial charge on any atom is -0.364 e. The Bertz CT molecular complexity index is 1120. The lowest BCUT2D eigenvalue weighted by Crippen LogP contribution is -2.42. The second kappa shape index (κ2) is 7.95. The van der Waals surface area contributed by atoms with E-state index in [1.54, 1.807) is 11.3 Å². The lowest BCUT2D eigenvalue weighted by molar-refractivity contribution is -0.182. The van der Waals surface area contributed by atoms with Crippen molar-refractivity contribution in [2.75, 3.05) is 24.6 Å². The highest BCUT2D eigenvalue weighted by Crippen LogP contribution is 2.33. The van der Waals surface area contributed by atoms with Crippen LogP contribution in [0.5, 0.6) is 0 Å². The molecular weight excluding hydrogens is 398 g/mol. The average Bonchev–Trinajstić information content (AvgIpc) is 3.48. The molecule has 2 fully saturated rings. The van der Waals surface area contributed by atoms with E-state index >= 15 is 0 Å². The van der Waals surface area contributed by atoms with Crippen LogP contribution in [0.15, 0.2) is 43.0 Å². The SMILES string of the molecule is NC(=O)c1ccnc(N2CCC(C(=O)N3OCCC3c3ccc4nccn4c3)CC2)n1. The number of aromatic nitrogens is 4. The average molecular weight is 421 g/mol. The van der Waals surface area contributed by atoms with Crippen molar-refractivity contribution < 1.29 is 14.4 Å². The van der Waals surface area contributed by atoms with Crippen molar-refractivity contribution in [3.8, 4) is 0 Å². The quantitative estimate of drug-likeness (QED) is 0.675. The van der Waals surface area contributed by atoms with Gasteiger partial charge in [0.15, 0.2) is 0 Å². The number of rotatable bonds is 4. The Morgan fingerprint density at radius 1 is 1.06 bits per heavy atom. The van der Waals surface area contributed by atoms with Crippen molar-refractivity contribution >= 4 is 23.4 Å². The Hall–Kier alpha value is -3.53. The summed E-state index contributed by atoms with van der Waals surface area (Å²) in [5.74, 6) is -0.237. The molecule has 0 radical (unpaired) electrons. The summed E-state index contributed by atoms with van der Waals surface area (Å²) in [5.41, 5.74) is 7.40. The molecule has 3 aromatic heterocycles. The number of anilines is 1. The van der Waals surface area contributed by atoms with Crippen LogP contribution in [0.2, 0.25) is 0 Å². The van der Waals surface area contributed by atoms with Gasteiger partial charge in [-0.15, -0.1) is 0 Å². The summed E-state index contributed by atoms with van der Waals surface area (Å²) in [5, 5.41) is 1.56. The first-order valence-corrected chi connectivity index (χ1v) is 10.4. The van der Waals surface area contributed by atoms with Gasteiger partial charge in [-0.25, -0.2) is 20.0 Å². The molecule has 2 aliphatic heterocycles. The van der Waals surface area contributed by atoms with Gasteiger partial charge in [-0.05, 0) is 30.5 Å². The number of nitrogens with two attached hydrogens (primary N) is 1. The van der Waals surface area contributed by atoms with E-state index in [0.717, 1.165) is 17.6 Å². The van der Waals surface area contributed by atoms with Crippen LogP contribution in [0.3, 0.4) is 0 Å². The molecule has 0 aromatic carbocycles. The van der Waals surface area contributed by atoms with Crippen molar-refractivity contribution in [1.82, 2.24) is 24.4 Å². The molecule has 10 nitrogen and oxygen atoms in total. The Kier molecular flexibility index (Phi) is 4.99. The van der Waals surface area contributed by atoms with Crippen molar-refractivity contribution in [2.24, 2.45) is 11.7 Å². The largest absolute Gasteiger partial charge is 0.364 e. The molecule has 31 heavy (non-hydrogen) atoms. The summed E-state index contributed by atoms with van der Waals surface area (Å²) in [6.07, 6.45) is 9.27. The van der Waals surface area contributed by atoms with Crippen LogP contribution in [0.25, 0.3) is 5.65 Å². The zero-order valence-electron chi connectivity index (χ0n) is 16.9. The van der Waals surface area contributed by atoms with E-state index in [1.807, 2.05) is 33.8 Å². The Morgan fingerprint density at radius 3 is 2.71 bits per heavy atom. The van der Waals surface area contributed by atoms with E-state index in [1.165, 1.54) is 12.3 Å². The number of imidazole rings is 1. The van der Waals surface area contributed by atoms with Gasteiger partial charge in [0, 0.05) is 50.2 Å². The number of hydrogen-bond donors (Lipinski definition) is 1. The first kappa shape index (κ1) is 19.4. The Morgan fingerprint density at radius 2 is 1.90 bits per heavy atom. The summed E-state index contributed by atoms with van der Waals surface area (Å²) in [4.78, 5) is 45.1. The van der Waals surface area contributed by atoms with Gasteiger partial charge < -0.3 is 15.0 Å². The van der Waals surface area contributed by atoms with Gasteiger partial charge >= 0.3 is 0 Å². The molecule has 10 heteroatoms. The molecule has 3 aromatic rings. The van der Waals surface area contributed by atoms with Crippen LogP contribution in [-0.2, 0) is 9.63 Å². The second-order valence-electron chi connectivity index (χ2n) is 7.82. The Balaban J connectivity index is 1.26. The number of piperidine rings is 1. The smallest absolute Gasteiger partial charge is 0.267 e. The van der Waals surface area contributed by atoms with E-state index in [9.17, 15) is 9.59 Å². The first-order valence-electron chi connectivity index (χ1n) is 10.4. The summed E-state index contributed by atoms with van der Waals surface area (Å²) >= 11 is 0. The van der Waals surface area contributed by atoms with Crippen molar-refractivity contribution in [3.05, 3.63) is 54.2 Å². The number of amides is 2. The molecular formula is C21H23N7O3. The van der Waals surface area contributed by atoms with Gasteiger partial charge in [0.1, 0.15) is 11.3 Å². The van der Waals surface area contributed by atoms with Gasteiger partial charge in [-0.3, -0.25) is 14.4 Å². The summed E-state index contributed by atoms with van der Waals surface area (Å²) in [6, 6.07) is 5.35. The molecule has 2 aliphatic rings. The number of pyridine rings is 1. The minimum atomic E-state index is -0.584. The van der Waals surface area contributed by atoms with Crippen LogP contribution >= 0.6 is 0 Å². The highest BCUT2D eigenvalue weighted by atomic mass is 16.7. The maximum absolute atomic E-state index is 13.3. The lowest BCUT2D eigenvalue weighted by atomic mass is 9.95. The highest BCUT2D eigenvalue weighted by molar-refractivity contribution is 5.90. The molecule has 160 valence electrons. The molecule has 1 unspecified atom stereocenters. The van der Waals surface area contributed by atoms with E-state index in [0.29, 0.717) is 38.5 Å². The third-order valence-corrected chi connectivity index (χ3v) is 5.94. The third-order valence-electron chi connectivity index (χ3n) is 5.94. The minimum absolute atomic E-state index is 0.0136. The topological polar surface area (TPSA) is 119 Å². The number of hydrogen-bond acceptors (Lipinski definition) is 7. The zero-order chi connectivity index (χ0) is 21.4. The fourth-order valence-electron chi connectivity index (χ4n) is 4.27.